The molecule has 0 aliphatic heterocycles. The summed E-state index contributed by atoms with van der Waals surface area (Å²) in [6.07, 6.45) is 15.3. The lowest BCUT2D eigenvalue weighted by Gasteiger charge is -2.28. The second kappa shape index (κ2) is 10.5. The summed E-state index contributed by atoms with van der Waals surface area (Å²) >= 11 is 0. The third kappa shape index (κ3) is 6.29. The third-order valence-corrected chi connectivity index (χ3v) is 4.64. The van der Waals surface area contributed by atoms with Gasteiger partial charge in [0.15, 0.2) is 5.78 Å². The molecule has 22 heavy (non-hydrogen) atoms. The summed E-state index contributed by atoms with van der Waals surface area (Å²) in [5.41, 5.74) is 0.555. The molecule has 2 heteroatoms. The molecule has 1 aromatic heterocycles. The Bertz CT molecular complexity index is 415. The zero-order chi connectivity index (χ0) is 16.3. The van der Waals surface area contributed by atoms with Crippen LogP contribution >= 0.6 is 0 Å². The fourth-order valence-corrected chi connectivity index (χ4v) is 3.08. The predicted octanol–water partition coefficient (Wildman–Crippen LogP) is 6.21. The van der Waals surface area contributed by atoms with Crippen molar-refractivity contribution >= 4 is 5.78 Å². The van der Waals surface area contributed by atoms with Gasteiger partial charge in [-0.15, -0.1) is 0 Å². The van der Waals surface area contributed by atoms with Crippen molar-refractivity contribution in [2.45, 2.75) is 85.0 Å². The number of unbranched alkanes of at least 4 members (excludes halogenated alkanes) is 6. The van der Waals surface area contributed by atoms with E-state index in [4.69, 9.17) is 0 Å². The molecule has 0 radical (unpaired) electrons. The van der Waals surface area contributed by atoms with Crippen molar-refractivity contribution in [2.75, 3.05) is 0 Å². The standard InChI is InChI=1S/C20H33NO/c1-4-6-8-9-11-15-20(3,14-10-7-5-2)19(22)18-13-12-16-21-17-18/h12-13,16-17H,4-11,14-15H2,1-3H3. The van der Waals surface area contributed by atoms with Gasteiger partial charge in [-0.3, -0.25) is 9.78 Å². The first-order valence-corrected chi connectivity index (χ1v) is 9.09. The van der Waals surface area contributed by atoms with E-state index in [1.54, 1.807) is 12.4 Å². The van der Waals surface area contributed by atoms with E-state index in [9.17, 15) is 4.79 Å². The van der Waals surface area contributed by atoms with Gasteiger partial charge in [0, 0.05) is 23.4 Å². The molecule has 2 nitrogen and oxygen atoms in total. The van der Waals surface area contributed by atoms with Crippen molar-refractivity contribution in [1.82, 2.24) is 4.98 Å². The molecule has 1 rings (SSSR count). The number of ketones is 1. The molecular weight excluding hydrogens is 270 g/mol. The lowest BCUT2D eigenvalue weighted by molar-refractivity contribution is 0.0777. The Balaban J connectivity index is 2.66. The van der Waals surface area contributed by atoms with Gasteiger partial charge in [0.05, 0.1) is 0 Å². The predicted molar refractivity (Wildman–Crippen MR) is 94.2 cm³/mol. The van der Waals surface area contributed by atoms with Gasteiger partial charge in [0.2, 0.25) is 0 Å². The fourth-order valence-electron chi connectivity index (χ4n) is 3.08. The van der Waals surface area contributed by atoms with Crippen molar-refractivity contribution in [1.29, 1.82) is 0 Å². The van der Waals surface area contributed by atoms with E-state index in [2.05, 4.69) is 25.8 Å². The molecular formula is C20H33NO. The maximum atomic E-state index is 12.9. The van der Waals surface area contributed by atoms with Gasteiger partial charge < -0.3 is 0 Å². The maximum Gasteiger partial charge on any atom is 0.170 e. The lowest BCUT2D eigenvalue weighted by Crippen LogP contribution is -2.28. The van der Waals surface area contributed by atoms with Crippen LogP contribution in [0.2, 0.25) is 0 Å². The van der Waals surface area contributed by atoms with Crippen LogP contribution in [0.4, 0.5) is 0 Å². The molecule has 0 fully saturated rings. The summed E-state index contributed by atoms with van der Waals surface area (Å²) in [5, 5.41) is 0. The second-order valence-corrected chi connectivity index (χ2v) is 6.75. The van der Waals surface area contributed by atoms with Crippen LogP contribution in [0.5, 0.6) is 0 Å². The highest BCUT2D eigenvalue weighted by atomic mass is 16.1. The summed E-state index contributed by atoms with van der Waals surface area (Å²) in [4.78, 5) is 17.1. The van der Waals surface area contributed by atoms with Crippen LogP contribution in [-0.2, 0) is 0 Å². The molecule has 0 bridgehead atoms. The van der Waals surface area contributed by atoms with Gasteiger partial charge in [-0.1, -0.05) is 72.1 Å². The Kier molecular flexibility index (Phi) is 9.03. The molecule has 124 valence electrons. The number of hydrogen-bond donors (Lipinski definition) is 0. The minimum Gasteiger partial charge on any atom is -0.294 e. The Hall–Kier alpha value is -1.18. The highest BCUT2D eigenvalue weighted by Gasteiger charge is 2.32. The Morgan fingerprint density at radius 2 is 1.59 bits per heavy atom. The highest BCUT2D eigenvalue weighted by Crippen LogP contribution is 2.34. The molecule has 0 spiro atoms. The Labute approximate surface area is 136 Å². The molecule has 1 unspecified atom stereocenters. The highest BCUT2D eigenvalue weighted by molar-refractivity contribution is 5.99. The molecule has 0 aliphatic rings. The molecule has 0 aromatic carbocycles. The van der Waals surface area contributed by atoms with Crippen molar-refractivity contribution in [3.05, 3.63) is 30.1 Å². The molecule has 0 saturated carbocycles. The Morgan fingerprint density at radius 3 is 2.18 bits per heavy atom. The molecule has 0 N–H and O–H groups in total. The van der Waals surface area contributed by atoms with E-state index < -0.39 is 0 Å². The zero-order valence-electron chi connectivity index (χ0n) is 14.7. The van der Waals surface area contributed by atoms with E-state index >= 15 is 0 Å². The normalized spacial score (nSPS) is 13.8. The lowest BCUT2D eigenvalue weighted by atomic mass is 9.74. The summed E-state index contributed by atoms with van der Waals surface area (Å²) in [6, 6.07) is 3.77. The number of carbonyl (C=O) groups is 1. The van der Waals surface area contributed by atoms with Gasteiger partial charge in [0.1, 0.15) is 0 Å². The van der Waals surface area contributed by atoms with Crippen molar-refractivity contribution in [3.63, 3.8) is 0 Å². The van der Waals surface area contributed by atoms with Crippen LogP contribution in [0.3, 0.4) is 0 Å². The minimum atomic E-state index is -0.218. The van der Waals surface area contributed by atoms with E-state index in [0.717, 1.165) is 31.2 Å². The molecule has 1 aromatic rings. The van der Waals surface area contributed by atoms with Gasteiger partial charge >= 0.3 is 0 Å². The van der Waals surface area contributed by atoms with Crippen molar-refractivity contribution < 1.29 is 4.79 Å². The second-order valence-electron chi connectivity index (χ2n) is 6.75. The summed E-state index contributed by atoms with van der Waals surface area (Å²) < 4.78 is 0. The van der Waals surface area contributed by atoms with Crippen LogP contribution in [0, 0.1) is 5.41 Å². The van der Waals surface area contributed by atoms with Crippen LogP contribution < -0.4 is 0 Å². The monoisotopic (exact) mass is 303 g/mol. The number of Topliss-reactive ketones (excluding diaryl/α,β-unsaturated/α-hetero) is 1. The Morgan fingerprint density at radius 1 is 1.00 bits per heavy atom. The minimum absolute atomic E-state index is 0.218. The smallest absolute Gasteiger partial charge is 0.170 e. The van der Waals surface area contributed by atoms with Crippen molar-refractivity contribution in [3.8, 4) is 0 Å². The van der Waals surface area contributed by atoms with Crippen LogP contribution in [0.25, 0.3) is 0 Å². The van der Waals surface area contributed by atoms with Gasteiger partial charge in [-0.2, -0.15) is 0 Å². The molecule has 0 amide bonds. The average molecular weight is 303 g/mol. The number of aromatic nitrogens is 1. The van der Waals surface area contributed by atoms with Crippen LogP contribution in [-0.4, -0.2) is 10.8 Å². The van der Waals surface area contributed by atoms with Crippen molar-refractivity contribution in [2.24, 2.45) is 5.41 Å². The summed E-state index contributed by atoms with van der Waals surface area (Å²) in [6.45, 7) is 6.61. The molecule has 0 saturated heterocycles. The largest absolute Gasteiger partial charge is 0.294 e. The number of pyridine rings is 1. The third-order valence-electron chi connectivity index (χ3n) is 4.64. The first-order valence-electron chi connectivity index (χ1n) is 9.09. The van der Waals surface area contributed by atoms with E-state index in [1.807, 2.05) is 12.1 Å². The number of rotatable bonds is 12. The molecule has 1 atom stereocenters. The molecule has 0 aliphatic carbocycles. The summed E-state index contributed by atoms with van der Waals surface area (Å²) in [7, 11) is 0. The van der Waals surface area contributed by atoms with Gasteiger partial charge in [-0.25, -0.2) is 0 Å². The zero-order valence-corrected chi connectivity index (χ0v) is 14.7. The number of carbonyl (C=O) groups excluding carboxylic acids is 1. The van der Waals surface area contributed by atoms with Gasteiger partial charge in [0.25, 0.3) is 0 Å². The SMILES string of the molecule is CCCCCCCC(C)(CCCCC)C(=O)c1cccnc1. The maximum absolute atomic E-state index is 12.9. The van der Waals surface area contributed by atoms with E-state index in [-0.39, 0.29) is 11.2 Å². The number of hydrogen-bond acceptors (Lipinski definition) is 2. The number of nitrogens with zero attached hydrogens (tertiary/aromatic N) is 1. The fraction of sp³-hybridized carbons (Fsp3) is 0.700. The van der Waals surface area contributed by atoms with E-state index in [0.29, 0.717) is 0 Å². The molecule has 1 heterocycles. The van der Waals surface area contributed by atoms with Crippen LogP contribution in [0.1, 0.15) is 95.3 Å². The quantitative estimate of drug-likeness (QED) is 0.339. The first-order chi connectivity index (χ1) is 10.6. The first kappa shape index (κ1) is 18.9. The topological polar surface area (TPSA) is 30.0 Å². The van der Waals surface area contributed by atoms with E-state index in [1.165, 1.54) is 38.5 Å². The average Bonchev–Trinajstić information content (AvgIpc) is 2.55. The van der Waals surface area contributed by atoms with Crippen LogP contribution in [0.15, 0.2) is 24.5 Å². The van der Waals surface area contributed by atoms with Gasteiger partial charge in [-0.05, 0) is 25.0 Å². The summed E-state index contributed by atoms with van der Waals surface area (Å²) in [5.74, 6) is 0.284.